The van der Waals surface area contributed by atoms with Crippen molar-refractivity contribution in [1.82, 2.24) is 30.4 Å². The first kappa shape index (κ1) is 24.1. The summed E-state index contributed by atoms with van der Waals surface area (Å²) in [4.78, 5) is 36.2. The van der Waals surface area contributed by atoms with E-state index in [4.69, 9.17) is 14.6 Å². The normalized spacial score (nSPS) is 20.5. The van der Waals surface area contributed by atoms with Gasteiger partial charge in [-0.3, -0.25) is 14.4 Å². The van der Waals surface area contributed by atoms with Crippen LogP contribution in [0.3, 0.4) is 0 Å². The average molecular weight is 434 g/mol. The summed E-state index contributed by atoms with van der Waals surface area (Å²) >= 11 is 0. The molecule has 2 amide bonds. The Hall–Kier alpha value is -3.21. The molecule has 1 saturated carbocycles. The highest BCUT2D eigenvalue weighted by molar-refractivity contribution is 5.94. The van der Waals surface area contributed by atoms with Gasteiger partial charge in [0.05, 0.1) is 24.3 Å². The van der Waals surface area contributed by atoms with E-state index in [1.807, 2.05) is 18.4 Å². The third-order valence-corrected chi connectivity index (χ3v) is 5.27. The number of hydrogen-bond donors (Lipinski definition) is 4. The maximum atomic E-state index is 12.6. The van der Waals surface area contributed by atoms with Crippen LogP contribution in [-0.2, 0) is 20.9 Å². The van der Waals surface area contributed by atoms with Gasteiger partial charge in [-0.25, -0.2) is 0 Å². The summed E-state index contributed by atoms with van der Waals surface area (Å²) in [5, 5.41) is 20.9. The van der Waals surface area contributed by atoms with Crippen LogP contribution in [0, 0.1) is 5.92 Å². The van der Waals surface area contributed by atoms with E-state index in [2.05, 4.69) is 25.8 Å². The van der Waals surface area contributed by atoms with Gasteiger partial charge in [0.25, 0.3) is 12.4 Å². The Kier molecular flexibility index (Phi) is 9.19. The SMILES string of the molecule is CO[C@@H]1C[C@@H](C(=O)NCc2nncn2C(C)C)CC[C@H]1NC(=O)c1cc[nH]c1.O=CO. The van der Waals surface area contributed by atoms with Crippen molar-refractivity contribution in [3.63, 3.8) is 0 Å². The second-order valence-corrected chi connectivity index (χ2v) is 7.54. The number of H-pyrrole nitrogens is 1. The van der Waals surface area contributed by atoms with Crippen LogP contribution in [0.4, 0.5) is 0 Å². The average Bonchev–Trinajstić information content (AvgIpc) is 3.45. The van der Waals surface area contributed by atoms with Gasteiger partial charge in [-0.15, -0.1) is 10.2 Å². The van der Waals surface area contributed by atoms with Crippen molar-refractivity contribution in [2.45, 2.75) is 57.8 Å². The molecule has 0 radical (unpaired) electrons. The molecule has 1 aliphatic rings. The molecule has 2 heterocycles. The summed E-state index contributed by atoms with van der Waals surface area (Å²) in [6.45, 7) is 4.18. The van der Waals surface area contributed by atoms with Crippen LogP contribution in [0.2, 0.25) is 0 Å². The van der Waals surface area contributed by atoms with Crippen molar-refractivity contribution in [3.8, 4) is 0 Å². The number of aromatic nitrogens is 4. The summed E-state index contributed by atoms with van der Waals surface area (Å²) in [7, 11) is 1.62. The van der Waals surface area contributed by atoms with E-state index >= 15 is 0 Å². The van der Waals surface area contributed by atoms with E-state index in [1.54, 1.807) is 31.9 Å². The van der Waals surface area contributed by atoms with Gasteiger partial charge in [-0.05, 0) is 39.2 Å². The molecule has 1 aliphatic carbocycles. The molecule has 4 N–H and O–H groups in total. The lowest BCUT2D eigenvalue weighted by molar-refractivity contribution is -0.128. The molecule has 170 valence electrons. The molecule has 0 spiro atoms. The van der Waals surface area contributed by atoms with Crippen molar-refractivity contribution in [2.24, 2.45) is 5.92 Å². The van der Waals surface area contributed by atoms with Crippen LogP contribution in [0.25, 0.3) is 0 Å². The zero-order chi connectivity index (χ0) is 22.8. The first-order valence-corrected chi connectivity index (χ1v) is 10.1. The van der Waals surface area contributed by atoms with Crippen LogP contribution in [-0.4, -0.2) is 62.4 Å². The molecule has 0 saturated heterocycles. The van der Waals surface area contributed by atoms with Crippen molar-refractivity contribution >= 4 is 18.3 Å². The highest BCUT2D eigenvalue weighted by atomic mass is 16.5. The van der Waals surface area contributed by atoms with Gasteiger partial charge in [0.2, 0.25) is 5.91 Å². The summed E-state index contributed by atoms with van der Waals surface area (Å²) in [5.74, 6) is 0.430. The Morgan fingerprint density at radius 1 is 1.42 bits per heavy atom. The monoisotopic (exact) mass is 434 g/mol. The molecule has 1 fully saturated rings. The Labute approximate surface area is 180 Å². The molecule has 3 rings (SSSR count). The Bertz CT molecular complexity index is 835. The number of nitrogens with zero attached hydrogens (tertiary/aromatic N) is 3. The summed E-state index contributed by atoms with van der Waals surface area (Å²) in [5.41, 5.74) is 0.587. The number of amides is 2. The smallest absolute Gasteiger partial charge is 0.290 e. The van der Waals surface area contributed by atoms with Crippen LogP contribution in [0.15, 0.2) is 24.8 Å². The lowest BCUT2D eigenvalue weighted by Crippen LogP contribution is -2.49. The Balaban J connectivity index is 0.00000107. The molecule has 2 aromatic heterocycles. The number of aromatic amines is 1. The second kappa shape index (κ2) is 11.8. The van der Waals surface area contributed by atoms with Crippen molar-refractivity contribution in [2.75, 3.05) is 7.11 Å². The molecule has 0 bridgehead atoms. The van der Waals surface area contributed by atoms with Crippen molar-refractivity contribution in [1.29, 1.82) is 0 Å². The highest BCUT2D eigenvalue weighted by Gasteiger charge is 2.35. The Morgan fingerprint density at radius 2 is 2.16 bits per heavy atom. The number of rotatable bonds is 7. The van der Waals surface area contributed by atoms with Gasteiger partial charge in [-0.2, -0.15) is 0 Å². The number of ether oxygens (including phenoxy) is 1. The molecule has 31 heavy (non-hydrogen) atoms. The number of hydrogen-bond acceptors (Lipinski definition) is 6. The van der Waals surface area contributed by atoms with Gasteiger partial charge in [0.15, 0.2) is 5.82 Å². The molecule has 2 aromatic rings. The van der Waals surface area contributed by atoms with Gasteiger partial charge < -0.3 is 30.0 Å². The van der Waals surface area contributed by atoms with E-state index < -0.39 is 0 Å². The zero-order valence-electron chi connectivity index (χ0n) is 17.9. The lowest BCUT2D eigenvalue weighted by atomic mass is 9.83. The van der Waals surface area contributed by atoms with E-state index in [0.29, 0.717) is 31.4 Å². The van der Waals surface area contributed by atoms with Crippen LogP contribution in [0.5, 0.6) is 0 Å². The number of carbonyl (C=O) groups is 3. The molecule has 0 unspecified atom stereocenters. The summed E-state index contributed by atoms with van der Waals surface area (Å²) in [6, 6.07) is 1.85. The van der Waals surface area contributed by atoms with E-state index in [0.717, 1.165) is 5.82 Å². The fourth-order valence-corrected chi connectivity index (χ4v) is 3.64. The van der Waals surface area contributed by atoms with Crippen molar-refractivity contribution < 1.29 is 24.2 Å². The third-order valence-electron chi connectivity index (χ3n) is 5.27. The number of methoxy groups -OCH3 is 1. The molecular weight excluding hydrogens is 404 g/mol. The first-order valence-electron chi connectivity index (χ1n) is 10.1. The maximum Gasteiger partial charge on any atom is 0.290 e. The Morgan fingerprint density at radius 3 is 2.77 bits per heavy atom. The topological polar surface area (TPSA) is 151 Å². The van der Waals surface area contributed by atoms with Crippen LogP contribution >= 0.6 is 0 Å². The summed E-state index contributed by atoms with van der Waals surface area (Å²) < 4.78 is 7.51. The van der Waals surface area contributed by atoms with Gasteiger partial charge >= 0.3 is 0 Å². The molecule has 3 atom stereocenters. The maximum absolute atomic E-state index is 12.6. The summed E-state index contributed by atoms with van der Waals surface area (Å²) in [6.07, 6.45) is 6.79. The first-order chi connectivity index (χ1) is 14.9. The van der Waals surface area contributed by atoms with Gasteiger partial charge in [-0.1, -0.05) is 0 Å². The predicted octanol–water partition coefficient (Wildman–Crippen LogP) is 1.12. The molecule has 11 nitrogen and oxygen atoms in total. The highest BCUT2D eigenvalue weighted by Crippen LogP contribution is 2.27. The molecule has 0 aliphatic heterocycles. The fourth-order valence-electron chi connectivity index (χ4n) is 3.64. The minimum Gasteiger partial charge on any atom is -0.483 e. The van der Waals surface area contributed by atoms with Crippen LogP contribution in [0.1, 0.15) is 55.3 Å². The molecule has 0 aromatic carbocycles. The molecular formula is C20H30N6O5. The molecule has 11 heteroatoms. The predicted molar refractivity (Wildman–Crippen MR) is 111 cm³/mol. The zero-order valence-corrected chi connectivity index (χ0v) is 17.9. The number of nitrogens with one attached hydrogen (secondary N) is 3. The number of carbonyl (C=O) groups excluding carboxylic acids is 2. The third kappa shape index (κ3) is 6.64. The van der Waals surface area contributed by atoms with Gasteiger partial charge in [0.1, 0.15) is 6.33 Å². The van der Waals surface area contributed by atoms with E-state index in [-0.39, 0.29) is 42.4 Å². The van der Waals surface area contributed by atoms with Crippen LogP contribution < -0.4 is 10.6 Å². The van der Waals surface area contributed by atoms with Gasteiger partial charge in [0, 0.05) is 31.5 Å². The largest absolute Gasteiger partial charge is 0.483 e. The number of carboxylic acid groups (broad SMARTS) is 1. The second-order valence-electron chi connectivity index (χ2n) is 7.54. The lowest BCUT2D eigenvalue weighted by Gasteiger charge is -2.35. The van der Waals surface area contributed by atoms with E-state index in [1.165, 1.54) is 0 Å². The standard InChI is InChI=1S/C19H28N6O3.CH2O2/c1-12(2)25-11-22-24-17(25)10-21-18(26)13-4-5-15(16(8-13)28-3)23-19(27)14-6-7-20-9-14;2-1-3/h6-7,9,11-13,15-16,20H,4-5,8,10H2,1-3H3,(H,21,26)(H,23,27);1H,(H,2,3)/t13-,15+,16+;/m0./s1. The van der Waals surface area contributed by atoms with Crippen molar-refractivity contribution in [3.05, 3.63) is 36.2 Å². The minimum atomic E-state index is -0.250. The quantitative estimate of drug-likeness (QED) is 0.477. The fraction of sp³-hybridized carbons (Fsp3) is 0.550. The van der Waals surface area contributed by atoms with E-state index in [9.17, 15) is 9.59 Å². The minimum absolute atomic E-state index is 0.0178.